The summed E-state index contributed by atoms with van der Waals surface area (Å²) in [6.45, 7) is 0. The third kappa shape index (κ3) is 4.73. The zero-order chi connectivity index (χ0) is 20.9. The van der Waals surface area contributed by atoms with Crippen LogP contribution in [0.2, 0.25) is 0 Å². The van der Waals surface area contributed by atoms with Crippen LogP contribution in [-0.2, 0) is 4.79 Å². The Morgan fingerprint density at radius 3 is 2.60 bits per heavy atom. The number of hydrogen-bond donors (Lipinski definition) is 2. The summed E-state index contributed by atoms with van der Waals surface area (Å²) in [4.78, 5) is 36.6. The molecule has 0 radical (unpaired) electrons. The number of carbonyl (C=O) groups excluding carboxylic acids is 2. The second-order valence-electron chi connectivity index (χ2n) is 6.02. The van der Waals surface area contributed by atoms with Gasteiger partial charge in [0, 0.05) is 11.1 Å². The van der Waals surface area contributed by atoms with E-state index in [1.807, 2.05) is 18.2 Å². The van der Waals surface area contributed by atoms with Crippen molar-refractivity contribution in [2.75, 3.05) is 16.4 Å². The number of benzene rings is 2. The van der Waals surface area contributed by atoms with Crippen molar-refractivity contribution >= 4 is 56.7 Å². The monoisotopic (exact) mass is 438 g/mol. The lowest BCUT2D eigenvalue weighted by Gasteiger charge is -2.03. The van der Waals surface area contributed by atoms with Crippen LogP contribution >= 0.6 is 23.1 Å². The summed E-state index contributed by atoms with van der Waals surface area (Å²) in [6, 6.07) is 17.5. The number of fused-ring (bicyclic) bond motifs is 1. The molecule has 0 saturated carbocycles. The van der Waals surface area contributed by atoms with E-state index in [0.29, 0.717) is 21.0 Å². The first-order valence-corrected chi connectivity index (χ1v) is 10.5. The minimum Gasteiger partial charge on any atom is -0.422 e. The molecule has 0 unspecified atom stereocenters. The molecule has 4 rings (SSSR count). The molecule has 2 N–H and O–H groups in total. The molecule has 0 aliphatic rings. The first-order chi connectivity index (χ1) is 14.6. The number of rotatable bonds is 6. The lowest BCUT2D eigenvalue weighted by molar-refractivity contribution is -0.113. The Balaban J connectivity index is 1.37. The van der Waals surface area contributed by atoms with Gasteiger partial charge >= 0.3 is 5.63 Å². The predicted molar refractivity (Wildman–Crippen MR) is 116 cm³/mol. The number of carbonyl (C=O) groups is 2. The number of nitrogens with zero attached hydrogens (tertiary/aromatic N) is 2. The average molecular weight is 438 g/mol. The Kier molecular flexibility index (Phi) is 5.87. The number of amides is 2. The van der Waals surface area contributed by atoms with Crippen molar-refractivity contribution in [3.63, 3.8) is 0 Å². The van der Waals surface area contributed by atoms with Crippen LogP contribution in [0.15, 0.2) is 74.2 Å². The summed E-state index contributed by atoms with van der Waals surface area (Å²) in [6.07, 6.45) is 0. The summed E-state index contributed by atoms with van der Waals surface area (Å²) < 4.78 is 5.69. The molecule has 0 fully saturated rings. The van der Waals surface area contributed by atoms with Crippen LogP contribution in [0.25, 0.3) is 11.0 Å². The average Bonchev–Trinajstić information content (AvgIpc) is 3.19. The molecule has 0 spiro atoms. The number of nitrogens with one attached hydrogen (secondary N) is 2. The van der Waals surface area contributed by atoms with Crippen molar-refractivity contribution in [3.05, 3.63) is 76.6 Å². The third-order valence-electron chi connectivity index (χ3n) is 3.90. The molecular weight excluding hydrogens is 424 g/mol. The van der Waals surface area contributed by atoms with E-state index in [1.165, 1.54) is 17.8 Å². The van der Waals surface area contributed by atoms with E-state index in [4.69, 9.17) is 4.42 Å². The lowest BCUT2D eigenvalue weighted by atomic mass is 10.2. The van der Waals surface area contributed by atoms with Crippen LogP contribution in [0.3, 0.4) is 0 Å². The largest absolute Gasteiger partial charge is 0.422 e. The normalized spacial score (nSPS) is 10.7. The summed E-state index contributed by atoms with van der Waals surface area (Å²) >= 11 is 2.31. The van der Waals surface area contributed by atoms with Crippen molar-refractivity contribution in [2.45, 2.75) is 4.34 Å². The fourth-order valence-corrected chi connectivity index (χ4v) is 4.10. The van der Waals surface area contributed by atoms with Gasteiger partial charge in [0.05, 0.1) is 5.75 Å². The second-order valence-corrected chi connectivity index (χ2v) is 8.22. The van der Waals surface area contributed by atoms with Crippen molar-refractivity contribution in [1.29, 1.82) is 0 Å². The fraction of sp³-hybridized carbons (Fsp3) is 0.0500. The van der Waals surface area contributed by atoms with Crippen molar-refractivity contribution in [3.8, 4) is 0 Å². The van der Waals surface area contributed by atoms with Gasteiger partial charge in [0.2, 0.25) is 11.0 Å². The van der Waals surface area contributed by atoms with E-state index < -0.39 is 11.5 Å². The highest BCUT2D eigenvalue weighted by Crippen LogP contribution is 2.26. The van der Waals surface area contributed by atoms with E-state index in [-0.39, 0.29) is 22.4 Å². The molecule has 8 nitrogen and oxygen atoms in total. The van der Waals surface area contributed by atoms with Crippen molar-refractivity contribution in [1.82, 2.24) is 10.2 Å². The molecule has 10 heteroatoms. The Labute approximate surface area is 178 Å². The van der Waals surface area contributed by atoms with Gasteiger partial charge in [0.15, 0.2) is 4.34 Å². The summed E-state index contributed by atoms with van der Waals surface area (Å²) in [5.74, 6) is -0.670. The van der Waals surface area contributed by atoms with E-state index in [9.17, 15) is 14.4 Å². The molecule has 2 aromatic heterocycles. The Hall–Kier alpha value is -3.50. The number of hydrogen-bond acceptors (Lipinski definition) is 8. The zero-order valence-electron chi connectivity index (χ0n) is 15.3. The molecule has 150 valence electrons. The first kappa shape index (κ1) is 19.8. The van der Waals surface area contributed by atoms with Crippen molar-refractivity contribution in [2.24, 2.45) is 0 Å². The Morgan fingerprint density at radius 2 is 1.77 bits per heavy atom. The molecule has 2 heterocycles. The Morgan fingerprint density at radius 1 is 1.00 bits per heavy atom. The quantitative estimate of drug-likeness (QED) is 0.268. The lowest BCUT2D eigenvalue weighted by Crippen LogP contribution is -2.20. The molecule has 0 aliphatic carbocycles. The first-order valence-electron chi connectivity index (χ1n) is 8.74. The van der Waals surface area contributed by atoms with E-state index >= 15 is 0 Å². The maximum Gasteiger partial charge on any atom is 0.349 e. The summed E-state index contributed by atoms with van der Waals surface area (Å²) in [7, 11) is 0. The topological polar surface area (TPSA) is 114 Å². The highest BCUT2D eigenvalue weighted by molar-refractivity contribution is 8.01. The number of aromatic nitrogens is 2. The molecule has 0 atom stereocenters. The minimum atomic E-state index is -0.733. The van der Waals surface area contributed by atoms with Gasteiger partial charge in [0.25, 0.3) is 5.91 Å². The van der Waals surface area contributed by atoms with Crippen LogP contribution in [0.1, 0.15) is 10.4 Å². The zero-order valence-corrected chi connectivity index (χ0v) is 17.0. The molecule has 2 amide bonds. The predicted octanol–water partition coefficient (Wildman–Crippen LogP) is 3.63. The fourth-order valence-electron chi connectivity index (χ4n) is 2.55. The van der Waals surface area contributed by atoms with Gasteiger partial charge in [-0.05, 0) is 24.3 Å². The van der Waals surface area contributed by atoms with E-state index in [0.717, 1.165) is 11.3 Å². The summed E-state index contributed by atoms with van der Waals surface area (Å²) in [5, 5.41) is 14.0. The van der Waals surface area contributed by atoms with Gasteiger partial charge in [0.1, 0.15) is 11.1 Å². The molecule has 30 heavy (non-hydrogen) atoms. The van der Waals surface area contributed by atoms with E-state index in [2.05, 4.69) is 20.8 Å². The summed E-state index contributed by atoms with van der Waals surface area (Å²) in [5.41, 5.74) is 0.258. The smallest absolute Gasteiger partial charge is 0.349 e. The molecule has 0 saturated heterocycles. The van der Waals surface area contributed by atoms with Crippen molar-refractivity contribution < 1.29 is 14.0 Å². The molecule has 4 aromatic rings. The minimum absolute atomic E-state index is 0.125. The van der Waals surface area contributed by atoms with Crippen LogP contribution in [0.5, 0.6) is 0 Å². The molecule has 2 aromatic carbocycles. The van der Waals surface area contributed by atoms with Gasteiger partial charge in [-0.2, -0.15) is 0 Å². The third-order valence-corrected chi connectivity index (χ3v) is 5.87. The molecule has 0 aliphatic heterocycles. The Bertz CT molecular complexity index is 1270. The van der Waals surface area contributed by atoms with Gasteiger partial charge in [-0.1, -0.05) is 59.5 Å². The van der Waals surface area contributed by atoms with Gasteiger partial charge in [-0.15, -0.1) is 10.2 Å². The highest BCUT2D eigenvalue weighted by Gasteiger charge is 2.16. The number of para-hydroxylation sites is 2. The SMILES string of the molecule is O=C(CSc1nnc(NC(=O)c2cc3ccccc3oc2=O)s1)Nc1ccccc1. The molecular formula is C20H14N4O4S2. The maximum absolute atomic E-state index is 12.5. The molecule has 0 bridgehead atoms. The van der Waals surface area contributed by atoms with Crippen LogP contribution in [0.4, 0.5) is 10.8 Å². The van der Waals surface area contributed by atoms with Crippen LogP contribution in [0, 0.1) is 0 Å². The maximum atomic E-state index is 12.5. The van der Waals surface area contributed by atoms with Gasteiger partial charge < -0.3 is 9.73 Å². The van der Waals surface area contributed by atoms with Gasteiger partial charge in [-0.25, -0.2) is 4.79 Å². The van der Waals surface area contributed by atoms with Gasteiger partial charge in [-0.3, -0.25) is 14.9 Å². The number of thioether (sulfide) groups is 1. The number of anilines is 2. The van der Waals surface area contributed by atoms with E-state index in [1.54, 1.807) is 36.4 Å². The standard InChI is InChI=1S/C20H14N4O4S2/c25-16(21-13-7-2-1-3-8-13)11-29-20-24-23-19(30-20)22-17(26)14-10-12-6-4-5-9-15(12)28-18(14)27/h1-10H,11H2,(H,21,25)(H,22,23,26). The van der Waals surface area contributed by atoms with Crippen LogP contribution < -0.4 is 16.3 Å². The highest BCUT2D eigenvalue weighted by atomic mass is 32.2. The second kappa shape index (κ2) is 8.89. The van der Waals surface area contributed by atoms with Crippen LogP contribution in [-0.4, -0.2) is 27.8 Å².